The molecule has 0 aromatic heterocycles. The maximum absolute atomic E-state index is 9.67. The van der Waals surface area contributed by atoms with Crippen LogP contribution in [0, 0.1) is 13.8 Å². The van der Waals surface area contributed by atoms with Gasteiger partial charge in [-0.2, -0.15) is 0 Å². The van der Waals surface area contributed by atoms with Crippen molar-refractivity contribution in [2.75, 3.05) is 0 Å². The molecule has 2 rings (SSSR count). The average Bonchev–Trinajstić information content (AvgIpc) is 2.36. The second-order valence-corrected chi connectivity index (χ2v) is 4.66. The van der Waals surface area contributed by atoms with E-state index in [1.807, 2.05) is 18.2 Å². The van der Waals surface area contributed by atoms with Gasteiger partial charge in [0, 0.05) is 18.7 Å². The second-order valence-electron chi connectivity index (χ2n) is 4.66. The van der Waals surface area contributed by atoms with E-state index in [0.717, 1.165) is 12.1 Å². The quantitative estimate of drug-likeness (QED) is 0.860. The van der Waals surface area contributed by atoms with Gasteiger partial charge < -0.3 is 10.4 Å². The lowest BCUT2D eigenvalue weighted by Gasteiger charge is -2.09. The van der Waals surface area contributed by atoms with Crippen LogP contribution in [0.15, 0.2) is 42.5 Å². The van der Waals surface area contributed by atoms with Gasteiger partial charge in [0.1, 0.15) is 5.75 Å². The Bertz CT molecular complexity index is 534. The fourth-order valence-corrected chi connectivity index (χ4v) is 1.98. The Balaban J connectivity index is 1.96. The zero-order valence-electron chi connectivity index (χ0n) is 10.9. The highest BCUT2D eigenvalue weighted by molar-refractivity contribution is 5.32. The highest BCUT2D eigenvalue weighted by Crippen LogP contribution is 2.15. The lowest BCUT2D eigenvalue weighted by molar-refractivity contribution is 0.464. The number of hydrogen-bond donors (Lipinski definition) is 2. The zero-order valence-corrected chi connectivity index (χ0v) is 10.9. The summed E-state index contributed by atoms with van der Waals surface area (Å²) in [7, 11) is 0. The van der Waals surface area contributed by atoms with Crippen molar-refractivity contribution in [1.82, 2.24) is 5.32 Å². The van der Waals surface area contributed by atoms with Gasteiger partial charge >= 0.3 is 0 Å². The molecule has 0 aliphatic heterocycles. The summed E-state index contributed by atoms with van der Waals surface area (Å²) in [6.45, 7) is 5.73. The highest BCUT2D eigenvalue weighted by Gasteiger charge is 2.01. The average molecular weight is 241 g/mol. The molecule has 0 spiro atoms. The number of aryl methyl sites for hydroxylation is 2. The van der Waals surface area contributed by atoms with Crippen molar-refractivity contribution < 1.29 is 5.11 Å². The first-order valence-electron chi connectivity index (χ1n) is 6.20. The molecule has 0 amide bonds. The van der Waals surface area contributed by atoms with E-state index in [1.165, 1.54) is 16.7 Å². The third-order valence-electron chi connectivity index (χ3n) is 3.13. The van der Waals surface area contributed by atoms with E-state index < -0.39 is 0 Å². The molecule has 0 bridgehead atoms. The predicted molar refractivity (Wildman–Crippen MR) is 74.6 cm³/mol. The van der Waals surface area contributed by atoms with Gasteiger partial charge in [-0.3, -0.25) is 0 Å². The van der Waals surface area contributed by atoms with Gasteiger partial charge in [0.2, 0.25) is 0 Å². The maximum atomic E-state index is 9.67. The molecule has 2 aromatic carbocycles. The number of rotatable bonds is 4. The van der Waals surface area contributed by atoms with E-state index in [9.17, 15) is 5.11 Å². The van der Waals surface area contributed by atoms with Crippen LogP contribution < -0.4 is 5.32 Å². The molecular weight excluding hydrogens is 222 g/mol. The van der Waals surface area contributed by atoms with E-state index >= 15 is 0 Å². The van der Waals surface area contributed by atoms with Gasteiger partial charge in [-0.25, -0.2) is 0 Å². The molecule has 0 heterocycles. The fraction of sp³-hybridized carbons (Fsp3) is 0.250. The summed E-state index contributed by atoms with van der Waals surface area (Å²) >= 11 is 0. The SMILES string of the molecule is Cc1ccc(C)c(CNCc2ccccc2O)c1. The molecule has 18 heavy (non-hydrogen) atoms. The fourth-order valence-electron chi connectivity index (χ4n) is 1.98. The minimum atomic E-state index is 0.353. The number of phenols is 1. The molecule has 2 nitrogen and oxygen atoms in total. The predicted octanol–water partition coefficient (Wildman–Crippen LogP) is 3.30. The zero-order chi connectivity index (χ0) is 13.0. The Morgan fingerprint density at radius 3 is 2.44 bits per heavy atom. The molecule has 0 unspecified atom stereocenters. The number of para-hydroxylation sites is 1. The molecule has 2 heteroatoms. The van der Waals surface area contributed by atoms with E-state index in [4.69, 9.17) is 0 Å². The number of phenolic OH excluding ortho intramolecular Hbond substituents is 1. The van der Waals surface area contributed by atoms with Gasteiger partial charge in [0.05, 0.1) is 0 Å². The lowest BCUT2D eigenvalue weighted by Crippen LogP contribution is -2.13. The van der Waals surface area contributed by atoms with Crippen molar-refractivity contribution in [2.24, 2.45) is 0 Å². The summed E-state index contributed by atoms with van der Waals surface area (Å²) in [5.41, 5.74) is 4.82. The largest absolute Gasteiger partial charge is 0.508 e. The molecule has 0 aliphatic carbocycles. The maximum Gasteiger partial charge on any atom is 0.120 e. The molecule has 0 atom stereocenters. The molecule has 0 saturated heterocycles. The Morgan fingerprint density at radius 1 is 0.944 bits per heavy atom. The van der Waals surface area contributed by atoms with Crippen molar-refractivity contribution in [3.05, 3.63) is 64.7 Å². The van der Waals surface area contributed by atoms with Crippen LogP contribution in [0.3, 0.4) is 0 Å². The summed E-state index contributed by atoms with van der Waals surface area (Å²) in [5.74, 6) is 0.353. The van der Waals surface area contributed by atoms with E-state index in [0.29, 0.717) is 12.3 Å². The molecule has 2 N–H and O–H groups in total. The van der Waals surface area contributed by atoms with Crippen LogP contribution in [0.25, 0.3) is 0 Å². The van der Waals surface area contributed by atoms with E-state index in [1.54, 1.807) is 6.07 Å². The minimum absolute atomic E-state index is 0.353. The van der Waals surface area contributed by atoms with Gasteiger partial charge in [0.15, 0.2) is 0 Å². The summed E-state index contributed by atoms with van der Waals surface area (Å²) < 4.78 is 0. The van der Waals surface area contributed by atoms with Gasteiger partial charge in [-0.05, 0) is 31.0 Å². The van der Waals surface area contributed by atoms with E-state index in [2.05, 4.69) is 37.4 Å². The molecule has 94 valence electrons. The Kier molecular flexibility index (Phi) is 4.00. The molecule has 0 radical (unpaired) electrons. The van der Waals surface area contributed by atoms with Crippen molar-refractivity contribution in [3.63, 3.8) is 0 Å². The van der Waals surface area contributed by atoms with Crippen molar-refractivity contribution in [1.29, 1.82) is 0 Å². The Labute approximate surface area is 108 Å². The van der Waals surface area contributed by atoms with Crippen LogP contribution >= 0.6 is 0 Å². The van der Waals surface area contributed by atoms with Crippen LogP contribution in [0.2, 0.25) is 0 Å². The highest BCUT2D eigenvalue weighted by atomic mass is 16.3. The first kappa shape index (κ1) is 12.7. The Hall–Kier alpha value is -1.80. The van der Waals surface area contributed by atoms with Gasteiger partial charge in [-0.1, -0.05) is 42.0 Å². The molecular formula is C16H19NO. The summed E-state index contributed by atoms with van der Waals surface area (Å²) in [5, 5.41) is 13.0. The van der Waals surface area contributed by atoms with Gasteiger partial charge in [-0.15, -0.1) is 0 Å². The number of hydrogen-bond acceptors (Lipinski definition) is 2. The second kappa shape index (κ2) is 5.69. The number of benzene rings is 2. The number of nitrogens with one attached hydrogen (secondary N) is 1. The van der Waals surface area contributed by atoms with Crippen LogP contribution in [-0.4, -0.2) is 5.11 Å². The third kappa shape index (κ3) is 3.11. The first-order chi connectivity index (χ1) is 8.66. The van der Waals surface area contributed by atoms with Gasteiger partial charge in [0.25, 0.3) is 0 Å². The molecule has 0 saturated carbocycles. The van der Waals surface area contributed by atoms with E-state index in [-0.39, 0.29) is 0 Å². The van der Waals surface area contributed by atoms with Crippen LogP contribution in [0.5, 0.6) is 5.75 Å². The molecule has 0 fully saturated rings. The summed E-state index contributed by atoms with van der Waals surface area (Å²) in [4.78, 5) is 0. The molecule has 2 aromatic rings. The van der Waals surface area contributed by atoms with Crippen LogP contribution in [-0.2, 0) is 13.1 Å². The summed E-state index contributed by atoms with van der Waals surface area (Å²) in [6, 6.07) is 13.9. The smallest absolute Gasteiger partial charge is 0.120 e. The Morgan fingerprint density at radius 2 is 1.67 bits per heavy atom. The lowest BCUT2D eigenvalue weighted by atomic mass is 10.1. The number of aromatic hydroxyl groups is 1. The normalized spacial score (nSPS) is 10.6. The van der Waals surface area contributed by atoms with Crippen molar-refractivity contribution in [3.8, 4) is 5.75 Å². The first-order valence-corrected chi connectivity index (χ1v) is 6.20. The van der Waals surface area contributed by atoms with Crippen LogP contribution in [0.4, 0.5) is 0 Å². The standard InChI is InChI=1S/C16H19NO/c1-12-7-8-13(2)15(9-12)11-17-10-14-5-3-4-6-16(14)18/h3-9,17-18H,10-11H2,1-2H3. The monoisotopic (exact) mass is 241 g/mol. The van der Waals surface area contributed by atoms with Crippen LogP contribution in [0.1, 0.15) is 22.3 Å². The minimum Gasteiger partial charge on any atom is -0.508 e. The topological polar surface area (TPSA) is 32.3 Å². The van der Waals surface area contributed by atoms with Crippen molar-refractivity contribution in [2.45, 2.75) is 26.9 Å². The third-order valence-corrected chi connectivity index (χ3v) is 3.13. The van der Waals surface area contributed by atoms with Crippen molar-refractivity contribution >= 4 is 0 Å². The molecule has 0 aliphatic rings. The summed E-state index contributed by atoms with van der Waals surface area (Å²) in [6.07, 6.45) is 0.